The van der Waals surface area contributed by atoms with Crippen molar-refractivity contribution in [2.24, 2.45) is 0 Å². The van der Waals surface area contributed by atoms with Crippen LogP contribution >= 0.6 is 0 Å². The molecule has 4 nitrogen and oxygen atoms in total. The Morgan fingerprint density at radius 1 is 1.14 bits per heavy atom. The molecule has 4 heteroatoms. The van der Waals surface area contributed by atoms with Crippen LogP contribution in [0.1, 0.15) is 28.8 Å². The Labute approximate surface area is 123 Å². The van der Waals surface area contributed by atoms with E-state index in [1.54, 1.807) is 18.3 Å². The SMILES string of the molecule is N#Cc1cccnc1-c1ccc(C(=O)N2CCCC2)cc1. The number of rotatable bonds is 2. The van der Waals surface area contributed by atoms with Gasteiger partial charge in [0.2, 0.25) is 0 Å². The number of likely N-dealkylation sites (tertiary alicyclic amines) is 1. The van der Waals surface area contributed by atoms with Gasteiger partial charge in [0, 0.05) is 30.4 Å². The number of pyridine rings is 1. The Morgan fingerprint density at radius 3 is 2.52 bits per heavy atom. The van der Waals surface area contributed by atoms with E-state index in [-0.39, 0.29) is 5.91 Å². The van der Waals surface area contributed by atoms with Crippen molar-refractivity contribution in [2.75, 3.05) is 13.1 Å². The van der Waals surface area contributed by atoms with Crippen molar-refractivity contribution in [3.8, 4) is 17.3 Å². The van der Waals surface area contributed by atoms with Gasteiger partial charge in [0.25, 0.3) is 5.91 Å². The lowest BCUT2D eigenvalue weighted by Gasteiger charge is -2.15. The average molecular weight is 277 g/mol. The van der Waals surface area contributed by atoms with Crippen LogP contribution in [-0.4, -0.2) is 28.9 Å². The van der Waals surface area contributed by atoms with Crippen LogP contribution < -0.4 is 0 Å². The van der Waals surface area contributed by atoms with Gasteiger partial charge >= 0.3 is 0 Å². The van der Waals surface area contributed by atoms with Crippen LogP contribution in [0.15, 0.2) is 42.6 Å². The Balaban J connectivity index is 1.87. The maximum atomic E-state index is 12.3. The highest BCUT2D eigenvalue weighted by molar-refractivity contribution is 5.94. The predicted molar refractivity (Wildman–Crippen MR) is 79.5 cm³/mol. The molecule has 1 aromatic heterocycles. The summed E-state index contributed by atoms with van der Waals surface area (Å²) in [7, 11) is 0. The van der Waals surface area contributed by atoms with Gasteiger partial charge in [0.1, 0.15) is 6.07 Å². The fourth-order valence-corrected chi connectivity index (χ4v) is 2.60. The van der Waals surface area contributed by atoms with Gasteiger partial charge in [-0.05, 0) is 37.1 Å². The molecule has 1 aliphatic rings. The minimum absolute atomic E-state index is 0.0839. The third-order valence-corrected chi connectivity index (χ3v) is 3.73. The van der Waals surface area contributed by atoms with Crippen molar-refractivity contribution in [1.82, 2.24) is 9.88 Å². The summed E-state index contributed by atoms with van der Waals surface area (Å²) in [6, 6.07) is 13.0. The molecular formula is C17H15N3O. The van der Waals surface area contributed by atoms with Crippen molar-refractivity contribution >= 4 is 5.91 Å². The zero-order valence-electron chi connectivity index (χ0n) is 11.6. The lowest BCUT2D eigenvalue weighted by Crippen LogP contribution is -2.27. The molecule has 1 aromatic carbocycles. The molecule has 0 bridgehead atoms. The standard InChI is InChI=1S/C17H15N3O/c18-12-15-4-3-9-19-16(15)13-5-7-14(8-6-13)17(21)20-10-1-2-11-20/h3-9H,1-2,10-11H2. The quantitative estimate of drug-likeness (QED) is 0.848. The molecule has 1 amide bonds. The molecule has 0 spiro atoms. The monoisotopic (exact) mass is 277 g/mol. The molecule has 1 saturated heterocycles. The van der Waals surface area contributed by atoms with E-state index in [9.17, 15) is 4.79 Å². The van der Waals surface area contributed by atoms with Gasteiger partial charge in [-0.1, -0.05) is 12.1 Å². The third kappa shape index (κ3) is 2.63. The van der Waals surface area contributed by atoms with E-state index in [0.29, 0.717) is 16.8 Å². The first kappa shape index (κ1) is 13.3. The van der Waals surface area contributed by atoms with Gasteiger partial charge in [0.15, 0.2) is 0 Å². The van der Waals surface area contributed by atoms with Gasteiger partial charge in [-0.25, -0.2) is 0 Å². The van der Waals surface area contributed by atoms with Crippen LogP contribution in [0.3, 0.4) is 0 Å². The molecule has 104 valence electrons. The molecule has 2 aromatic rings. The number of hydrogen-bond donors (Lipinski definition) is 0. The topological polar surface area (TPSA) is 57.0 Å². The zero-order valence-corrected chi connectivity index (χ0v) is 11.6. The van der Waals surface area contributed by atoms with E-state index in [4.69, 9.17) is 5.26 Å². The number of carbonyl (C=O) groups excluding carboxylic acids is 1. The minimum atomic E-state index is 0.0839. The Hall–Kier alpha value is -2.67. The first-order valence-electron chi connectivity index (χ1n) is 7.04. The van der Waals surface area contributed by atoms with Gasteiger partial charge in [0.05, 0.1) is 11.3 Å². The van der Waals surface area contributed by atoms with Gasteiger partial charge < -0.3 is 4.90 Å². The molecule has 3 rings (SSSR count). The molecule has 0 unspecified atom stereocenters. The number of amides is 1. The molecule has 1 fully saturated rings. The lowest BCUT2D eigenvalue weighted by atomic mass is 10.0. The number of nitriles is 1. The molecule has 0 radical (unpaired) electrons. The first-order valence-corrected chi connectivity index (χ1v) is 7.04. The molecule has 0 N–H and O–H groups in total. The summed E-state index contributed by atoms with van der Waals surface area (Å²) in [5.41, 5.74) is 2.73. The van der Waals surface area contributed by atoms with Crippen molar-refractivity contribution in [3.05, 3.63) is 53.7 Å². The van der Waals surface area contributed by atoms with E-state index in [2.05, 4.69) is 11.1 Å². The van der Waals surface area contributed by atoms with Gasteiger partial charge in [-0.15, -0.1) is 0 Å². The van der Waals surface area contributed by atoms with Crippen molar-refractivity contribution < 1.29 is 4.79 Å². The molecular weight excluding hydrogens is 262 g/mol. The Morgan fingerprint density at radius 2 is 1.86 bits per heavy atom. The molecule has 21 heavy (non-hydrogen) atoms. The summed E-state index contributed by atoms with van der Waals surface area (Å²) >= 11 is 0. The summed E-state index contributed by atoms with van der Waals surface area (Å²) in [5.74, 6) is 0.0839. The summed E-state index contributed by atoms with van der Waals surface area (Å²) in [6.45, 7) is 1.69. The second-order valence-corrected chi connectivity index (χ2v) is 5.09. The van der Waals surface area contributed by atoms with Crippen LogP contribution in [0, 0.1) is 11.3 Å². The number of hydrogen-bond acceptors (Lipinski definition) is 3. The summed E-state index contributed by atoms with van der Waals surface area (Å²) in [5, 5.41) is 9.12. The van der Waals surface area contributed by atoms with Crippen molar-refractivity contribution in [2.45, 2.75) is 12.8 Å². The molecule has 0 aliphatic carbocycles. The number of carbonyl (C=O) groups is 1. The fourth-order valence-electron chi connectivity index (χ4n) is 2.60. The molecule has 1 aliphatic heterocycles. The Bertz CT molecular complexity index is 695. The Kier molecular flexibility index (Phi) is 3.65. The lowest BCUT2D eigenvalue weighted by molar-refractivity contribution is 0.0793. The highest BCUT2D eigenvalue weighted by atomic mass is 16.2. The maximum absolute atomic E-state index is 12.3. The van der Waals surface area contributed by atoms with Crippen molar-refractivity contribution in [1.29, 1.82) is 5.26 Å². The predicted octanol–water partition coefficient (Wildman–Crippen LogP) is 2.86. The summed E-state index contributed by atoms with van der Waals surface area (Å²) < 4.78 is 0. The molecule has 0 atom stereocenters. The van der Waals surface area contributed by atoms with Gasteiger partial charge in [-0.2, -0.15) is 5.26 Å². The van der Waals surface area contributed by atoms with Crippen molar-refractivity contribution in [3.63, 3.8) is 0 Å². The van der Waals surface area contributed by atoms with Gasteiger partial charge in [-0.3, -0.25) is 9.78 Å². The fraction of sp³-hybridized carbons (Fsp3) is 0.235. The second kappa shape index (κ2) is 5.76. The third-order valence-electron chi connectivity index (χ3n) is 3.73. The van der Waals surface area contributed by atoms with Crippen LogP contribution in [0.5, 0.6) is 0 Å². The maximum Gasteiger partial charge on any atom is 0.253 e. The summed E-state index contributed by atoms with van der Waals surface area (Å²) in [4.78, 5) is 18.4. The highest BCUT2D eigenvalue weighted by Crippen LogP contribution is 2.22. The largest absolute Gasteiger partial charge is 0.339 e. The first-order chi connectivity index (χ1) is 10.3. The van der Waals surface area contributed by atoms with E-state index >= 15 is 0 Å². The van der Waals surface area contributed by atoms with E-state index < -0.39 is 0 Å². The number of aromatic nitrogens is 1. The highest BCUT2D eigenvalue weighted by Gasteiger charge is 2.19. The normalized spacial score (nSPS) is 14.0. The molecule has 2 heterocycles. The van der Waals surface area contributed by atoms with E-state index in [1.165, 1.54) is 0 Å². The minimum Gasteiger partial charge on any atom is -0.339 e. The molecule has 0 saturated carbocycles. The number of nitrogens with zero attached hydrogens (tertiary/aromatic N) is 3. The van der Waals surface area contributed by atoms with Crippen LogP contribution in [0.4, 0.5) is 0 Å². The summed E-state index contributed by atoms with van der Waals surface area (Å²) in [6.07, 6.45) is 3.84. The number of benzene rings is 1. The van der Waals surface area contributed by atoms with Crippen LogP contribution in [0.25, 0.3) is 11.3 Å². The van der Waals surface area contributed by atoms with Crippen LogP contribution in [-0.2, 0) is 0 Å². The van der Waals surface area contributed by atoms with E-state index in [1.807, 2.05) is 29.2 Å². The zero-order chi connectivity index (χ0) is 14.7. The second-order valence-electron chi connectivity index (χ2n) is 5.09. The van der Waals surface area contributed by atoms with Crippen LogP contribution in [0.2, 0.25) is 0 Å². The average Bonchev–Trinajstić information content (AvgIpc) is 3.09. The smallest absolute Gasteiger partial charge is 0.253 e. The van der Waals surface area contributed by atoms with E-state index in [0.717, 1.165) is 31.5 Å².